The summed E-state index contributed by atoms with van der Waals surface area (Å²) in [7, 11) is 0. The largest absolute Gasteiger partial charge is 0.462 e. The summed E-state index contributed by atoms with van der Waals surface area (Å²) in [5, 5.41) is 13.2. The van der Waals surface area contributed by atoms with E-state index in [0.29, 0.717) is 0 Å². The lowest BCUT2D eigenvalue weighted by Crippen LogP contribution is -2.44. The van der Waals surface area contributed by atoms with E-state index in [1.165, 1.54) is 6.92 Å². The van der Waals surface area contributed by atoms with Gasteiger partial charge in [0.05, 0.1) is 12.7 Å². The fourth-order valence-electron chi connectivity index (χ4n) is 3.52. The monoisotopic (exact) mass is 563 g/mol. The molecule has 1 aromatic carbocycles. The molecule has 1 fully saturated rings. The standard InChI is InChI=1S/C22H28F2N3O8PS/c1-13(2)33-19(30)14(3)26-36(37,35-15-7-5-4-6-8-15)32-12-22(20(23)24)11-16(28)18(34-22)27-10-9-17(29)25-21(27)31/h4-10,13-14,16,18,20,28H,11-12H2,1-3H3,(H,26,37)(H,25,29,31). The molecule has 0 saturated carbocycles. The second-order valence-corrected chi connectivity index (χ2v) is 11.8. The summed E-state index contributed by atoms with van der Waals surface area (Å²) >= 11 is 5.54. The van der Waals surface area contributed by atoms with E-state index in [4.69, 9.17) is 30.3 Å². The number of hydrogen-bond donors (Lipinski definition) is 3. The number of H-pyrrole nitrogens is 1. The van der Waals surface area contributed by atoms with Gasteiger partial charge in [-0.2, -0.15) is 0 Å². The lowest BCUT2D eigenvalue weighted by molar-refractivity contribution is -0.169. The van der Waals surface area contributed by atoms with Gasteiger partial charge in [-0.25, -0.2) is 18.7 Å². The minimum atomic E-state index is -3.69. The van der Waals surface area contributed by atoms with Crippen molar-refractivity contribution in [3.8, 4) is 5.75 Å². The van der Waals surface area contributed by atoms with Crippen LogP contribution in [0.5, 0.6) is 5.75 Å². The fraction of sp³-hybridized carbons (Fsp3) is 0.500. The van der Waals surface area contributed by atoms with Gasteiger partial charge < -0.3 is 23.6 Å². The number of carbonyl (C=O) groups excluding carboxylic acids is 1. The lowest BCUT2D eigenvalue weighted by Gasteiger charge is -2.32. The normalized spacial score (nSPS) is 24.1. The maximum atomic E-state index is 14.3. The molecule has 5 unspecified atom stereocenters. The summed E-state index contributed by atoms with van der Waals surface area (Å²) in [6.07, 6.45) is -6.23. The first-order valence-corrected chi connectivity index (χ1v) is 13.9. The van der Waals surface area contributed by atoms with Crippen LogP contribution in [-0.4, -0.2) is 57.5 Å². The third-order valence-electron chi connectivity index (χ3n) is 5.27. The number of hydrogen-bond acceptors (Lipinski definition) is 9. The molecule has 11 nitrogen and oxygen atoms in total. The van der Waals surface area contributed by atoms with Crippen molar-refractivity contribution in [2.24, 2.45) is 0 Å². The molecule has 3 N–H and O–H groups in total. The third kappa shape index (κ3) is 7.30. The Kier molecular flexibility index (Phi) is 9.37. The van der Waals surface area contributed by atoms with Crippen LogP contribution in [0, 0.1) is 0 Å². The number of carbonyl (C=O) groups is 1. The number of aliphatic hydroxyl groups excluding tert-OH is 1. The molecule has 1 aromatic heterocycles. The van der Waals surface area contributed by atoms with Crippen molar-refractivity contribution in [2.45, 2.75) is 63.7 Å². The van der Waals surface area contributed by atoms with Crippen LogP contribution in [0.2, 0.25) is 0 Å². The molecule has 15 heteroatoms. The molecule has 3 rings (SSSR count). The summed E-state index contributed by atoms with van der Waals surface area (Å²) in [6, 6.07) is 8.17. The summed E-state index contributed by atoms with van der Waals surface area (Å²) in [5.41, 5.74) is -4.03. The number of aromatic amines is 1. The molecule has 0 radical (unpaired) electrons. The number of alkyl halides is 2. The molecule has 37 heavy (non-hydrogen) atoms. The molecule has 2 aromatic rings. The van der Waals surface area contributed by atoms with Crippen molar-refractivity contribution in [1.82, 2.24) is 14.6 Å². The van der Waals surface area contributed by atoms with Gasteiger partial charge in [0.2, 0.25) is 0 Å². The van der Waals surface area contributed by atoms with Crippen molar-refractivity contribution >= 4 is 24.4 Å². The summed E-state index contributed by atoms with van der Waals surface area (Å²) in [6.45, 7) is 0.253. The Hall–Kier alpha value is -2.48. The second-order valence-electron chi connectivity index (χ2n) is 8.67. The molecule has 0 bridgehead atoms. The van der Waals surface area contributed by atoms with Gasteiger partial charge in [-0.05, 0) is 44.7 Å². The maximum absolute atomic E-state index is 14.3. The van der Waals surface area contributed by atoms with Crippen molar-refractivity contribution in [3.05, 3.63) is 63.4 Å². The van der Waals surface area contributed by atoms with E-state index in [9.17, 15) is 28.3 Å². The zero-order chi connectivity index (χ0) is 27.4. The van der Waals surface area contributed by atoms with Crippen LogP contribution in [0.25, 0.3) is 0 Å². The minimum Gasteiger partial charge on any atom is -0.462 e. The van der Waals surface area contributed by atoms with Crippen molar-refractivity contribution in [1.29, 1.82) is 0 Å². The Balaban J connectivity index is 1.85. The van der Waals surface area contributed by atoms with Crippen LogP contribution in [0.1, 0.15) is 33.4 Å². The number of halogens is 2. The quantitative estimate of drug-likeness (QED) is 0.275. The fourth-order valence-corrected chi connectivity index (χ4v) is 5.95. The van der Waals surface area contributed by atoms with Gasteiger partial charge in [-0.3, -0.25) is 19.1 Å². The van der Waals surface area contributed by atoms with E-state index in [1.54, 1.807) is 44.2 Å². The number of aromatic nitrogens is 2. The van der Waals surface area contributed by atoms with E-state index in [1.807, 2.05) is 4.98 Å². The highest BCUT2D eigenvalue weighted by atomic mass is 32.5. The van der Waals surface area contributed by atoms with E-state index in [2.05, 4.69) is 5.09 Å². The Labute approximate surface area is 215 Å². The number of nitrogens with zero attached hydrogens (tertiary/aromatic N) is 1. The first kappa shape index (κ1) is 29.1. The van der Waals surface area contributed by atoms with Gasteiger partial charge in [-0.1, -0.05) is 18.2 Å². The zero-order valence-electron chi connectivity index (χ0n) is 20.2. The molecule has 0 amide bonds. The molecule has 0 spiro atoms. The topological polar surface area (TPSA) is 141 Å². The van der Waals surface area contributed by atoms with E-state index in [-0.39, 0.29) is 5.75 Å². The van der Waals surface area contributed by atoms with Crippen LogP contribution < -0.4 is 20.9 Å². The third-order valence-corrected chi connectivity index (χ3v) is 7.75. The van der Waals surface area contributed by atoms with E-state index >= 15 is 0 Å². The number of aliphatic hydroxyl groups is 1. The molecule has 204 valence electrons. The van der Waals surface area contributed by atoms with Gasteiger partial charge in [0.15, 0.2) is 11.8 Å². The number of nitrogens with one attached hydrogen (secondary N) is 2. The molecule has 1 saturated heterocycles. The number of para-hydroxylation sites is 1. The van der Waals surface area contributed by atoms with Gasteiger partial charge >= 0.3 is 18.3 Å². The summed E-state index contributed by atoms with van der Waals surface area (Å²) in [4.78, 5) is 37.8. The van der Waals surface area contributed by atoms with Crippen LogP contribution in [0.3, 0.4) is 0 Å². The minimum absolute atomic E-state index is 0.263. The molecule has 0 aliphatic carbocycles. The predicted octanol–water partition coefficient (Wildman–Crippen LogP) is 2.07. The molecular formula is C22H28F2N3O8PS. The highest BCUT2D eigenvalue weighted by Gasteiger charge is 2.54. The van der Waals surface area contributed by atoms with Crippen LogP contribution in [0.4, 0.5) is 8.78 Å². The molecule has 5 atom stereocenters. The Morgan fingerprint density at radius 1 is 1.30 bits per heavy atom. The Bertz CT molecular complexity index is 1240. The Morgan fingerprint density at radius 3 is 2.57 bits per heavy atom. The van der Waals surface area contributed by atoms with Crippen molar-refractivity contribution in [2.75, 3.05) is 6.61 Å². The first-order chi connectivity index (χ1) is 17.3. The SMILES string of the molecule is CC(C)OC(=O)C(C)NP(=S)(OCC1(C(F)F)CC(O)C(n2ccc(=O)[nH]c2=O)O1)Oc1ccccc1. The van der Waals surface area contributed by atoms with Gasteiger partial charge in [0.25, 0.3) is 12.0 Å². The predicted molar refractivity (Wildman–Crippen MR) is 132 cm³/mol. The van der Waals surface area contributed by atoms with E-state index in [0.717, 1.165) is 16.8 Å². The average molecular weight is 564 g/mol. The summed E-state index contributed by atoms with van der Waals surface area (Å²) < 4.78 is 51.7. The highest BCUT2D eigenvalue weighted by Crippen LogP contribution is 2.49. The second kappa shape index (κ2) is 11.9. The average Bonchev–Trinajstić information content (AvgIpc) is 3.15. The molecule has 2 heterocycles. The Morgan fingerprint density at radius 2 is 1.97 bits per heavy atom. The number of benzene rings is 1. The van der Waals surface area contributed by atoms with Gasteiger partial charge in [0.1, 0.15) is 17.9 Å². The molecule has 1 aliphatic rings. The van der Waals surface area contributed by atoms with Gasteiger partial charge in [-0.15, -0.1) is 0 Å². The van der Waals surface area contributed by atoms with Crippen LogP contribution in [0.15, 0.2) is 52.2 Å². The summed E-state index contributed by atoms with van der Waals surface area (Å²) in [5.74, 6) is -0.392. The number of ether oxygens (including phenoxy) is 2. The van der Waals surface area contributed by atoms with Crippen molar-refractivity contribution in [3.63, 3.8) is 0 Å². The number of esters is 1. The molecule has 1 aliphatic heterocycles. The van der Waals surface area contributed by atoms with Crippen LogP contribution >= 0.6 is 6.64 Å². The lowest BCUT2D eigenvalue weighted by atomic mass is 10.0. The smallest absolute Gasteiger partial charge is 0.330 e. The first-order valence-electron chi connectivity index (χ1n) is 11.3. The number of rotatable bonds is 11. The van der Waals surface area contributed by atoms with Gasteiger partial charge in [0, 0.05) is 18.7 Å². The maximum Gasteiger partial charge on any atom is 0.330 e. The van der Waals surface area contributed by atoms with E-state index < -0.39 is 73.4 Å². The molecular weight excluding hydrogens is 535 g/mol. The van der Waals surface area contributed by atoms with Crippen molar-refractivity contribution < 1.29 is 37.2 Å². The highest BCUT2D eigenvalue weighted by molar-refractivity contribution is 8.09. The van der Waals surface area contributed by atoms with Crippen LogP contribution in [-0.2, 0) is 30.6 Å². The zero-order valence-corrected chi connectivity index (χ0v) is 21.9.